The maximum absolute atomic E-state index is 11.3. The van der Waals surface area contributed by atoms with Crippen molar-refractivity contribution in [1.82, 2.24) is 19.4 Å². The van der Waals surface area contributed by atoms with Crippen LogP contribution in [0.2, 0.25) is 0 Å². The summed E-state index contributed by atoms with van der Waals surface area (Å²) in [6.45, 7) is 3.42. The number of hydrogen-bond acceptors (Lipinski definition) is 3. The Labute approximate surface area is 129 Å². The lowest BCUT2D eigenvalue weighted by Gasteiger charge is -2.40. The van der Waals surface area contributed by atoms with E-state index in [1.807, 2.05) is 29.0 Å². The topological polar surface area (TPSA) is 61.6 Å². The van der Waals surface area contributed by atoms with Gasteiger partial charge in [0.05, 0.1) is 6.33 Å². The normalized spacial score (nSPS) is 19.3. The highest BCUT2D eigenvalue weighted by Crippen LogP contribution is 2.16. The molecule has 1 saturated heterocycles. The van der Waals surface area contributed by atoms with Gasteiger partial charge in [0, 0.05) is 51.2 Å². The van der Waals surface area contributed by atoms with Gasteiger partial charge in [-0.1, -0.05) is 30.3 Å². The molecule has 0 aliphatic carbocycles. The fraction of sp³-hybridized carbons (Fsp3) is 0.375. The van der Waals surface area contributed by atoms with E-state index in [1.54, 1.807) is 12.5 Å². The van der Waals surface area contributed by atoms with E-state index < -0.39 is 6.09 Å². The van der Waals surface area contributed by atoms with Crippen molar-refractivity contribution in [2.75, 3.05) is 19.6 Å². The second-order valence-electron chi connectivity index (χ2n) is 5.60. The van der Waals surface area contributed by atoms with E-state index in [2.05, 4.69) is 22.0 Å². The molecule has 0 bridgehead atoms. The summed E-state index contributed by atoms with van der Waals surface area (Å²) in [5.74, 6) is 0. The van der Waals surface area contributed by atoms with Gasteiger partial charge >= 0.3 is 6.09 Å². The molecule has 2 aromatic rings. The lowest BCUT2D eigenvalue weighted by Crippen LogP contribution is -2.55. The Kier molecular flexibility index (Phi) is 4.39. The molecule has 2 heterocycles. The number of carbonyl (C=O) groups is 1. The zero-order chi connectivity index (χ0) is 15.4. The Morgan fingerprint density at radius 1 is 1.27 bits per heavy atom. The van der Waals surface area contributed by atoms with Crippen LogP contribution in [0.15, 0.2) is 49.1 Å². The predicted octanol–water partition coefficient (Wildman–Crippen LogP) is 1.75. The number of amides is 1. The summed E-state index contributed by atoms with van der Waals surface area (Å²) in [6, 6.07) is 10.4. The maximum Gasteiger partial charge on any atom is 0.407 e. The molecule has 1 amide bonds. The van der Waals surface area contributed by atoms with E-state index in [4.69, 9.17) is 0 Å². The number of aromatic nitrogens is 2. The van der Waals surface area contributed by atoms with Gasteiger partial charge in [0.1, 0.15) is 0 Å². The van der Waals surface area contributed by atoms with Crippen LogP contribution in [-0.2, 0) is 13.1 Å². The lowest BCUT2D eigenvalue weighted by molar-refractivity contribution is 0.0569. The molecule has 116 valence electrons. The molecule has 1 fully saturated rings. The van der Waals surface area contributed by atoms with Crippen molar-refractivity contribution >= 4 is 6.09 Å². The third-order valence-electron chi connectivity index (χ3n) is 4.08. The molecule has 6 heteroatoms. The molecular weight excluding hydrogens is 280 g/mol. The first-order valence-corrected chi connectivity index (χ1v) is 7.44. The van der Waals surface area contributed by atoms with Crippen LogP contribution in [0.3, 0.4) is 0 Å². The van der Waals surface area contributed by atoms with E-state index in [-0.39, 0.29) is 6.04 Å². The first kappa shape index (κ1) is 14.6. The highest BCUT2D eigenvalue weighted by molar-refractivity contribution is 5.65. The Hall–Kier alpha value is -2.34. The predicted molar refractivity (Wildman–Crippen MR) is 82.5 cm³/mol. The average Bonchev–Trinajstić information content (AvgIpc) is 3.03. The number of imidazole rings is 1. The van der Waals surface area contributed by atoms with Gasteiger partial charge in [0.15, 0.2) is 0 Å². The van der Waals surface area contributed by atoms with Gasteiger partial charge in [-0.15, -0.1) is 0 Å². The van der Waals surface area contributed by atoms with Gasteiger partial charge in [-0.25, -0.2) is 9.78 Å². The third kappa shape index (κ3) is 3.46. The van der Waals surface area contributed by atoms with Crippen LogP contribution in [0.5, 0.6) is 0 Å². The number of piperazine rings is 1. The largest absolute Gasteiger partial charge is 0.465 e. The molecule has 1 atom stereocenters. The molecule has 0 saturated carbocycles. The minimum absolute atomic E-state index is 0.152. The molecule has 6 nitrogen and oxygen atoms in total. The number of rotatable bonds is 4. The molecule has 1 aliphatic rings. The smallest absolute Gasteiger partial charge is 0.407 e. The highest BCUT2D eigenvalue weighted by Gasteiger charge is 2.29. The maximum atomic E-state index is 11.3. The van der Waals surface area contributed by atoms with Crippen molar-refractivity contribution in [3.8, 4) is 0 Å². The number of nitrogens with zero attached hydrogens (tertiary/aromatic N) is 4. The molecule has 1 aromatic carbocycles. The van der Waals surface area contributed by atoms with Crippen molar-refractivity contribution < 1.29 is 9.90 Å². The molecule has 3 rings (SSSR count). The molecule has 1 unspecified atom stereocenters. The summed E-state index contributed by atoms with van der Waals surface area (Å²) >= 11 is 0. The summed E-state index contributed by atoms with van der Waals surface area (Å²) in [4.78, 5) is 19.2. The number of carboxylic acid groups (broad SMARTS) is 1. The standard InChI is InChI=1S/C16H20N4O2/c21-16(22)20-9-8-19(10-14-4-2-1-3-5-14)15(12-20)11-18-7-6-17-13-18/h1-7,13,15H,8-12H2,(H,21,22). The van der Waals surface area contributed by atoms with Crippen LogP contribution in [0.25, 0.3) is 0 Å². The Morgan fingerprint density at radius 3 is 2.77 bits per heavy atom. The van der Waals surface area contributed by atoms with Crippen LogP contribution in [0.1, 0.15) is 5.56 Å². The monoisotopic (exact) mass is 300 g/mol. The van der Waals surface area contributed by atoms with E-state index in [0.29, 0.717) is 13.1 Å². The molecule has 1 aliphatic heterocycles. The first-order valence-electron chi connectivity index (χ1n) is 7.44. The van der Waals surface area contributed by atoms with Gasteiger partial charge in [0.2, 0.25) is 0 Å². The van der Waals surface area contributed by atoms with Crippen molar-refractivity contribution in [2.45, 2.75) is 19.1 Å². The van der Waals surface area contributed by atoms with E-state index in [9.17, 15) is 9.90 Å². The second kappa shape index (κ2) is 6.62. The highest BCUT2D eigenvalue weighted by atomic mass is 16.4. The summed E-state index contributed by atoms with van der Waals surface area (Å²) in [5.41, 5.74) is 1.25. The number of hydrogen-bond donors (Lipinski definition) is 1. The zero-order valence-corrected chi connectivity index (χ0v) is 12.4. The zero-order valence-electron chi connectivity index (χ0n) is 12.4. The van der Waals surface area contributed by atoms with Gasteiger partial charge < -0.3 is 14.6 Å². The molecular formula is C16H20N4O2. The minimum Gasteiger partial charge on any atom is -0.465 e. The number of benzene rings is 1. The van der Waals surface area contributed by atoms with Gasteiger partial charge in [-0.2, -0.15) is 0 Å². The molecule has 1 aromatic heterocycles. The first-order chi connectivity index (χ1) is 10.7. The van der Waals surface area contributed by atoms with Crippen molar-refractivity contribution in [1.29, 1.82) is 0 Å². The van der Waals surface area contributed by atoms with Crippen molar-refractivity contribution in [2.24, 2.45) is 0 Å². The summed E-state index contributed by atoms with van der Waals surface area (Å²) in [5, 5.41) is 9.25. The summed E-state index contributed by atoms with van der Waals surface area (Å²) in [7, 11) is 0. The van der Waals surface area contributed by atoms with Gasteiger partial charge in [0.25, 0.3) is 0 Å². The Bertz CT molecular complexity index is 600. The van der Waals surface area contributed by atoms with Gasteiger partial charge in [-0.3, -0.25) is 4.90 Å². The SMILES string of the molecule is O=C(O)N1CCN(Cc2ccccc2)C(Cn2ccnc2)C1. The van der Waals surface area contributed by atoms with Crippen molar-refractivity contribution in [3.05, 3.63) is 54.6 Å². The van der Waals surface area contributed by atoms with Crippen LogP contribution >= 0.6 is 0 Å². The van der Waals surface area contributed by atoms with Gasteiger partial charge in [-0.05, 0) is 5.56 Å². The summed E-state index contributed by atoms with van der Waals surface area (Å²) in [6.07, 6.45) is 4.61. The minimum atomic E-state index is -0.838. The quantitative estimate of drug-likeness (QED) is 0.934. The van der Waals surface area contributed by atoms with Crippen LogP contribution in [0, 0.1) is 0 Å². The molecule has 0 radical (unpaired) electrons. The van der Waals surface area contributed by atoms with E-state index in [1.165, 1.54) is 10.5 Å². The van der Waals surface area contributed by atoms with E-state index >= 15 is 0 Å². The van der Waals surface area contributed by atoms with Crippen LogP contribution in [-0.4, -0.2) is 56.2 Å². The summed E-state index contributed by atoms with van der Waals surface area (Å²) < 4.78 is 2.01. The lowest BCUT2D eigenvalue weighted by atomic mass is 10.1. The van der Waals surface area contributed by atoms with Crippen molar-refractivity contribution in [3.63, 3.8) is 0 Å². The Balaban J connectivity index is 1.72. The fourth-order valence-corrected chi connectivity index (χ4v) is 2.90. The average molecular weight is 300 g/mol. The van der Waals surface area contributed by atoms with Crippen LogP contribution in [0.4, 0.5) is 4.79 Å². The third-order valence-corrected chi connectivity index (χ3v) is 4.08. The molecule has 1 N–H and O–H groups in total. The van der Waals surface area contributed by atoms with Crippen LogP contribution < -0.4 is 0 Å². The molecule has 22 heavy (non-hydrogen) atoms. The molecule has 0 spiro atoms. The van der Waals surface area contributed by atoms with E-state index in [0.717, 1.165) is 19.6 Å². The fourth-order valence-electron chi connectivity index (χ4n) is 2.90. The second-order valence-corrected chi connectivity index (χ2v) is 5.60. The Morgan fingerprint density at radius 2 is 2.09 bits per heavy atom.